The summed E-state index contributed by atoms with van der Waals surface area (Å²) in [4.78, 5) is 28.9. The second kappa shape index (κ2) is 12.9. The van der Waals surface area contributed by atoms with Crippen molar-refractivity contribution in [3.8, 4) is 5.75 Å². The maximum absolute atomic E-state index is 14.2. The molecule has 1 saturated carbocycles. The number of ether oxygens (including phenoxy) is 3. The van der Waals surface area contributed by atoms with Gasteiger partial charge < -0.3 is 24.2 Å². The van der Waals surface area contributed by atoms with Crippen molar-refractivity contribution in [2.75, 3.05) is 7.11 Å². The van der Waals surface area contributed by atoms with E-state index in [0.717, 1.165) is 22.3 Å². The highest BCUT2D eigenvalue weighted by molar-refractivity contribution is 6.32. The Hall–Kier alpha value is -3.39. The third-order valence-corrected chi connectivity index (χ3v) is 8.00. The van der Waals surface area contributed by atoms with Gasteiger partial charge in [-0.3, -0.25) is 4.79 Å². The van der Waals surface area contributed by atoms with Crippen LogP contribution in [-0.4, -0.2) is 47.2 Å². The van der Waals surface area contributed by atoms with Gasteiger partial charge in [-0.2, -0.15) is 0 Å². The van der Waals surface area contributed by atoms with E-state index in [1.54, 1.807) is 11.0 Å². The summed E-state index contributed by atoms with van der Waals surface area (Å²) in [5, 5.41) is 10.4. The van der Waals surface area contributed by atoms with Gasteiger partial charge in [0, 0.05) is 18.5 Å². The van der Waals surface area contributed by atoms with Gasteiger partial charge in [0.2, 0.25) is 0 Å². The first kappa shape index (κ1) is 28.1. The van der Waals surface area contributed by atoms with Crippen LogP contribution in [0.15, 0.2) is 72.8 Å². The lowest BCUT2D eigenvalue weighted by Gasteiger charge is -2.39. The summed E-state index contributed by atoms with van der Waals surface area (Å²) in [6.07, 6.45) is 1.42. The molecule has 1 aliphatic heterocycles. The number of methoxy groups -OCH3 is 1. The predicted molar refractivity (Wildman–Crippen MR) is 151 cm³/mol. The molecule has 2 aliphatic rings. The topological polar surface area (TPSA) is 85.3 Å². The van der Waals surface area contributed by atoms with Crippen LogP contribution in [0.5, 0.6) is 5.75 Å². The predicted octanol–water partition coefficient (Wildman–Crippen LogP) is 5.41. The Morgan fingerprint density at radius 3 is 2.33 bits per heavy atom. The van der Waals surface area contributed by atoms with Crippen LogP contribution in [0, 0.1) is 0 Å². The molecule has 7 nitrogen and oxygen atoms in total. The maximum atomic E-state index is 14.2. The van der Waals surface area contributed by atoms with Gasteiger partial charge in [-0.1, -0.05) is 78.3 Å². The molecule has 1 unspecified atom stereocenters. The Balaban J connectivity index is 1.45. The molecule has 0 spiro atoms. The standard InChI is InChI=1S/C32H34ClNO6/c1-38-32(37)28-18-26-23(12-17-27(33)30(26)39-20-21-8-4-2-5-9-21)19-34(28)31(36)29(22-10-6-3-7-11-22)40-25-15-13-24(35)14-16-25/h2-12,17,24-25,28-29,35H,13-16,18-20H2,1H3/t24?,25?,28-,29?/m0/s1. The van der Waals surface area contributed by atoms with Crippen LogP contribution < -0.4 is 4.74 Å². The third-order valence-electron chi connectivity index (χ3n) is 7.71. The summed E-state index contributed by atoms with van der Waals surface area (Å²) in [5.74, 6) is -0.304. The summed E-state index contributed by atoms with van der Waals surface area (Å²) in [6.45, 7) is 0.505. The van der Waals surface area contributed by atoms with Gasteiger partial charge >= 0.3 is 5.97 Å². The van der Waals surface area contributed by atoms with Gasteiger partial charge in [0.1, 0.15) is 18.4 Å². The Morgan fingerprint density at radius 2 is 1.65 bits per heavy atom. The number of rotatable bonds is 8. The lowest BCUT2D eigenvalue weighted by molar-refractivity contribution is -0.163. The number of nitrogens with zero attached hydrogens (tertiary/aromatic N) is 1. The molecule has 210 valence electrons. The van der Waals surface area contributed by atoms with Gasteiger partial charge in [0.05, 0.1) is 24.3 Å². The zero-order valence-corrected chi connectivity index (χ0v) is 23.3. The van der Waals surface area contributed by atoms with Crippen LogP contribution in [-0.2, 0) is 38.6 Å². The first-order valence-corrected chi connectivity index (χ1v) is 14.1. The van der Waals surface area contributed by atoms with Crippen LogP contribution in [0.2, 0.25) is 5.02 Å². The molecule has 1 amide bonds. The van der Waals surface area contributed by atoms with Gasteiger partial charge in [0.15, 0.2) is 6.10 Å². The summed E-state index contributed by atoms with van der Waals surface area (Å²) in [7, 11) is 1.32. The van der Waals surface area contributed by atoms with E-state index in [1.807, 2.05) is 66.7 Å². The largest absolute Gasteiger partial charge is 0.487 e. The van der Waals surface area contributed by atoms with E-state index >= 15 is 0 Å². The fraction of sp³-hybridized carbons (Fsp3) is 0.375. The van der Waals surface area contributed by atoms with Crippen molar-refractivity contribution in [1.82, 2.24) is 4.90 Å². The SMILES string of the molecule is COC(=O)[C@@H]1Cc2c(ccc(Cl)c2OCc2ccccc2)CN1C(=O)C(OC1CCC(O)CC1)c1ccccc1. The number of fused-ring (bicyclic) bond motifs is 1. The molecule has 8 heteroatoms. The quantitative estimate of drug-likeness (QED) is 0.369. The maximum Gasteiger partial charge on any atom is 0.328 e. The minimum absolute atomic E-state index is 0.164. The molecule has 0 bridgehead atoms. The number of carbonyl (C=O) groups is 2. The van der Waals surface area contributed by atoms with Gasteiger partial charge in [-0.05, 0) is 48.4 Å². The highest BCUT2D eigenvalue weighted by Crippen LogP contribution is 2.39. The molecular formula is C32H34ClNO6. The summed E-state index contributed by atoms with van der Waals surface area (Å²) in [5.41, 5.74) is 3.36. The molecule has 3 aromatic carbocycles. The first-order valence-electron chi connectivity index (χ1n) is 13.7. The molecule has 1 fully saturated rings. The monoisotopic (exact) mass is 563 g/mol. The van der Waals surface area contributed by atoms with Gasteiger partial charge in [-0.15, -0.1) is 0 Å². The Morgan fingerprint density at radius 1 is 0.975 bits per heavy atom. The number of aliphatic hydroxyl groups excluding tert-OH is 1. The number of amides is 1. The number of esters is 1. The van der Waals surface area contributed by atoms with Crippen molar-refractivity contribution >= 4 is 23.5 Å². The Labute approximate surface area is 239 Å². The molecule has 1 aliphatic carbocycles. The van der Waals surface area contributed by atoms with Crippen LogP contribution in [0.3, 0.4) is 0 Å². The number of aliphatic hydroxyl groups is 1. The van der Waals surface area contributed by atoms with Crippen molar-refractivity contribution in [3.05, 3.63) is 100 Å². The minimum Gasteiger partial charge on any atom is -0.487 e. The molecule has 3 aromatic rings. The molecule has 5 rings (SSSR count). The number of halogens is 1. The zero-order valence-electron chi connectivity index (χ0n) is 22.5. The van der Waals surface area contributed by atoms with E-state index in [2.05, 4.69) is 0 Å². The zero-order chi connectivity index (χ0) is 28.1. The van der Waals surface area contributed by atoms with Crippen LogP contribution in [0.25, 0.3) is 0 Å². The lowest BCUT2D eigenvalue weighted by atomic mass is 9.91. The van der Waals surface area contributed by atoms with Crippen LogP contribution in [0.4, 0.5) is 0 Å². The summed E-state index contributed by atoms with van der Waals surface area (Å²) >= 11 is 6.58. The molecule has 2 atom stereocenters. The van der Waals surface area contributed by atoms with Crippen molar-refractivity contribution < 1.29 is 28.9 Å². The second-order valence-corrected chi connectivity index (χ2v) is 10.8. The van der Waals surface area contributed by atoms with E-state index in [-0.39, 0.29) is 31.1 Å². The normalized spacial score (nSPS) is 21.3. The van der Waals surface area contributed by atoms with E-state index < -0.39 is 18.1 Å². The molecular weight excluding hydrogens is 530 g/mol. The number of carbonyl (C=O) groups excluding carboxylic acids is 2. The van der Waals surface area contributed by atoms with Crippen molar-refractivity contribution in [3.63, 3.8) is 0 Å². The fourth-order valence-electron chi connectivity index (χ4n) is 5.50. The van der Waals surface area contributed by atoms with E-state index in [4.69, 9.17) is 25.8 Å². The van der Waals surface area contributed by atoms with Crippen molar-refractivity contribution in [1.29, 1.82) is 0 Å². The Bertz CT molecular complexity index is 1310. The average Bonchev–Trinajstić information content (AvgIpc) is 3.00. The highest BCUT2D eigenvalue weighted by Gasteiger charge is 2.41. The molecule has 1 N–H and O–H groups in total. The van der Waals surface area contributed by atoms with Crippen LogP contribution >= 0.6 is 11.6 Å². The van der Waals surface area contributed by atoms with Gasteiger partial charge in [0.25, 0.3) is 5.91 Å². The lowest BCUT2D eigenvalue weighted by Crippen LogP contribution is -2.51. The van der Waals surface area contributed by atoms with E-state index in [1.165, 1.54) is 7.11 Å². The van der Waals surface area contributed by atoms with Crippen molar-refractivity contribution in [2.45, 2.75) is 69.6 Å². The van der Waals surface area contributed by atoms with E-state index in [0.29, 0.717) is 43.1 Å². The summed E-state index contributed by atoms with van der Waals surface area (Å²) in [6, 6.07) is 21.9. The fourth-order valence-corrected chi connectivity index (χ4v) is 5.74. The molecule has 0 saturated heterocycles. The van der Waals surface area contributed by atoms with E-state index in [9.17, 15) is 14.7 Å². The minimum atomic E-state index is -0.892. The molecule has 40 heavy (non-hydrogen) atoms. The van der Waals surface area contributed by atoms with Crippen molar-refractivity contribution in [2.24, 2.45) is 0 Å². The summed E-state index contributed by atoms with van der Waals surface area (Å²) < 4.78 is 17.7. The highest BCUT2D eigenvalue weighted by atomic mass is 35.5. The number of hydrogen-bond donors (Lipinski definition) is 1. The molecule has 0 radical (unpaired) electrons. The van der Waals surface area contributed by atoms with Crippen LogP contribution in [0.1, 0.15) is 54.0 Å². The third kappa shape index (κ3) is 6.33. The number of benzene rings is 3. The smallest absolute Gasteiger partial charge is 0.328 e. The molecule has 0 aromatic heterocycles. The Kier molecular flexibility index (Phi) is 9.04. The first-order chi connectivity index (χ1) is 19.4. The molecule has 1 heterocycles. The second-order valence-electron chi connectivity index (χ2n) is 10.4. The van der Waals surface area contributed by atoms with Gasteiger partial charge in [-0.25, -0.2) is 4.79 Å². The average molecular weight is 564 g/mol. The number of hydrogen-bond acceptors (Lipinski definition) is 6.